The average molecular weight is 204 g/mol. The van der Waals surface area contributed by atoms with E-state index in [4.69, 9.17) is 0 Å². The maximum Gasteiger partial charge on any atom is 0.0540 e. The predicted octanol–water partition coefficient (Wildman–Crippen LogP) is 3.32. The van der Waals surface area contributed by atoms with Crippen molar-refractivity contribution in [3.8, 4) is 0 Å². The van der Waals surface area contributed by atoms with Gasteiger partial charge >= 0.3 is 0 Å². The highest BCUT2D eigenvalue weighted by molar-refractivity contribution is 5.31. The predicted molar refractivity (Wildman–Crippen MR) is 63.1 cm³/mol. The van der Waals surface area contributed by atoms with Crippen molar-refractivity contribution in [3.63, 3.8) is 0 Å². The van der Waals surface area contributed by atoms with E-state index < -0.39 is 0 Å². The Kier molecular flexibility index (Phi) is 3.11. The highest BCUT2D eigenvalue weighted by Gasteiger charge is 2.20. The summed E-state index contributed by atoms with van der Waals surface area (Å²) in [5.41, 5.74) is 4.19. The molecule has 0 radical (unpaired) electrons. The number of hydrogen-bond donors (Lipinski definition) is 1. The molecule has 0 spiro atoms. The van der Waals surface area contributed by atoms with E-state index in [0.717, 1.165) is 25.7 Å². The summed E-state index contributed by atoms with van der Waals surface area (Å²) in [7, 11) is 0. The van der Waals surface area contributed by atoms with Crippen molar-refractivity contribution in [1.82, 2.24) is 0 Å². The zero-order chi connectivity index (χ0) is 10.8. The van der Waals surface area contributed by atoms with Crippen molar-refractivity contribution in [2.24, 2.45) is 0 Å². The van der Waals surface area contributed by atoms with Crippen molar-refractivity contribution < 1.29 is 5.11 Å². The molecule has 1 heteroatoms. The second-order valence-electron chi connectivity index (χ2n) is 4.93. The first-order valence-corrected chi connectivity index (χ1v) is 5.91. The van der Waals surface area contributed by atoms with Gasteiger partial charge in [0.25, 0.3) is 0 Å². The van der Waals surface area contributed by atoms with Crippen LogP contribution in [0.3, 0.4) is 0 Å². The molecule has 15 heavy (non-hydrogen) atoms. The molecule has 1 aromatic rings. The summed E-state index contributed by atoms with van der Waals surface area (Å²) in [6.07, 6.45) is 4.18. The van der Waals surface area contributed by atoms with Crippen LogP contribution in [0.4, 0.5) is 0 Å². The van der Waals surface area contributed by atoms with Crippen LogP contribution in [0.25, 0.3) is 0 Å². The lowest BCUT2D eigenvalue weighted by molar-refractivity contribution is 0.122. The topological polar surface area (TPSA) is 20.2 Å². The Bertz CT molecular complexity index is 315. The van der Waals surface area contributed by atoms with Crippen LogP contribution in [-0.4, -0.2) is 11.2 Å². The maximum absolute atomic E-state index is 9.48. The third kappa shape index (κ3) is 2.60. The summed E-state index contributed by atoms with van der Waals surface area (Å²) in [5, 5.41) is 9.48. The summed E-state index contributed by atoms with van der Waals surface area (Å²) in [6.45, 7) is 4.32. The van der Waals surface area contributed by atoms with Crippen molar-refractivity contribution in [2.75, 3.05) is 0 Å². The number of benzene rings is 1. The fraction of sp³-hybridized carbons (Fsp3) is 0.571. The van der Waals surface area contributed by atoms with Crippen molar-refractivity contribution >= 4 is 0 Å². The Labute approximate surface area is 92.1 Å². The molecular formula is C14H20O. The average Bonchev–Trinajstić information content (AvgIpc) is 2.17. The minimum absolute atomic E-state index is 0.0489. The van der Waals surface area contributed by atoms with Gasteiger partial charge < -0.3 is 5.11 Å². The summed E-state index contributed by atoms with van der Waals surface area (Å²) < 4.78 is 0. The van der Waals surface area contributed by atoms with E-state index in [1.54, 1.807) is 0 Å². The van der Waals surface area contributed by atoms with Crippen LogP contribution in [-0.2, 0) is 0 Å². The molecular weight excluding hydrogens is 184 g/mol. The maximum atomic E-state index is 9.48. The fourth-order valence-corrected chi connectivity index (χ4v) is 2.65. The van der Waals surface area contributed by atoms with Crippen molar-refractivity contribution in [1.29, 1.82) is 0 Å². The first-order valence-electron chi connectivity index (χ1n) is 5.91. The van der Waals surface area contributed by atoms with E-state index in [0.29, 0.717) is 5.92 Å². The van der Waals surface area contributed by atoms with Crippen LogP contribution in [0.2, 0.25) is 0 Å². The van der Waals surface area contributed by atoms with Gasteiger partial charge in [-0.25, -0.2) is 0 Å². The zero-order valence-corrected chi connectivity index (χ0v) is 9.66. The summed E-state index contributed by atoms with van der Waals surface area (Å²) in [4.78, 5) is 0. The third-order valence-electron chi connectivity index (χ3n) is 3.41. The van der Waals surface area contributed by atoms with Gasteiger partial charge in [-0.1, -0.05) is 29.3 Å². The molecule has 1 fully saturated rings. The van der Waals surface area contributed by atoms with E-state index in [2.05, 4.69) is 32.0 Å². The van der Waals surface area contributed by atoms with Gasteiger partial charge in [-0.15, -0.1) is 0 Å². The second kappa shape index (κ2) is 4.36. The molecule has 82 valence electrons. The molecule has 0 atom stereocenters. The van der Waals surface area contributed by atoms with Gasteiger partial charge in [0.15, 0.2) is 0 Å². The molecule has 0 saturated heterocycles. The van der Waals surface area contributed by atoms with Crippen LogP contribution < -0.4 is 0 Å². The first-order chi connectivity index (χ1) is 7.15. The van der Waals surface area contributed by atoms with Gasteiger partial charge in [-0.05, 0) is 51.0 Å². The summed E-state index contributed by atoms with van der Waals surface area (Å²) >= 11 is 0. The van der Waals surface area contributed by atoms with Crippen molar-refractivity contribution in [2.45, 2.75) is 51.6 Å². The normalized spacial score (nSPS) is 26.6. The van der Waals surface area contributed by atoms with Gasteiger partial charge in [0, 0.05) is 0 Å². The third-order valence-corrected chi connectivity index (χ3v) is 3.41. The monoisotopic (exact) mass is 204 g/mol. The molecule has 1 saturated carbocycles. The SMILES string of the molecule is Cc1cc(C)cc(C2CCC(O)CC2)c1. The molecule has 1 aromatic carbocycles. The molecule has 1 aliphatic rings. The largest absolute Gasteiger partial charge is 0.393 e. The molecule has 0 aliphatic heterocycles. The Balaban J connectivity index is 2.15. The lowest BCUT2D eigenvalue weighted by Gasteiger charge is -2.26. The van der Waals surface area contributed by atoms with Gasteiger partial charge in [-0.3, -0.25) is 0 Å². The molecule has 0 bridgehead atoms. The van der Waals surface area contributed by atoms with Crippen LogP contribution >= 0.6 is 0 Å². The zero-order valence-electron chi connectivity index (χ0n) is 9.66. The molecule has 1 N–H and O–H groups in total. The number of aliphatic hydroxyl groups excluding tert-OH is 1. The quantitative estimate of drug-likeness (QED) is 0.744. The highest BCUT2D eigenvalue weighted by Crippen LogP contribution is 2.33. The van der Waals surface area contributed by atoms with E-state index in [1.807, 2.05) is 0 Å². The van der Waals surface area contributed by atoms with Crippen LogP contribution in [0.15, 0.2) is 18.2 Å². The summed E-state index contributed by atoms with van der Waals surface area (Å²) in [6, 6.07) is 6.83. The smallest absolute Gasteiger partial charge is 0.0540 e. The van der Waals surface area contributed by atoms with E-state index in [-0.39, 0.29) is 6.10 Å². The lowest BCUT2D eigenvalue weighted by atomic mass is 9.82. The molecule has 0 amide bonds. The number of rotatable bonds is 1. The minimum atomic E-state index is -0.0489. The van der Waals surface area contributed by atoms with E-state index in [9.17, 15) is 5.11 Å². The van der Waals surface area contributed by atoms with Crippen LogP contribution in [0, 0.1) is 13.8 Å². The molecule has 2 rings (SSSR count). The Morgan fingerprint density at radius 1 is 0.933 bits per heavy atom. The van der Waals surface area contributed by atoms with Gasteiger partial charge in [0.2, 0.25) is 0 Å². The highest BCUT2D eigenvalue weighted by atomic mass is 16.3. The van der Waals surface area contributed by atoms with Crippen LogP contribution in [0.5, 0.6) is 0 Å². The van der Waals surface area contributed by atoms with E-state index in [1.165, 1.54) is 16.7 Å². The Morgan fingerprint density at radius 2 is 1.47 bits per heavy atom. The summed E-state index contributed by atoms with van der Waals surface area (Å²) in [5.74, 6) is 0.673. The second-order valence-corrected chi connectivity index (χ2v) is 4.93. The molecule has 0 unspecified atom stereocenters. The van der Waals surface area contributed by atoms with Gasteiger partial charge in [-0.2, -0.15) is 0 Å². The number of aryl methyl sites for hydroxylation is 2. The lowest BCUT2D eigenvalue weighted by Crippen LogP contribution is -2.17. The number of hydrogen-bond acceptors (Lipinski definition) is 1. The Morgan fingerprint density at radius 3 is 2.00 bits per heavy atom. The molecule has 0 heterocycles. The molecule has 1 aliphatic carbocycles. The van der Waals surface area contributed by atoms with E-state index >= 15 is 0 Å². The fourth-order valence-electron chi connectivity index (χ4n) is 2.65. The first kappa shape index (κ1) is 10.7. The Hall–Kier alpha value is -0.820. The van der Waals surface area contributed by atoms with Gasteiger partial charge in [0.05, 0.1) is 6.10 Å². The minimum Gasteiger partial charge on any atom is -0.393 e. The molecule has 0 aromatic heterocycles. The standard InChI is InChI=1S/C14H20O/c1-10-7-11(2)9-13(8-10)12-3-5-14(15)6-4-12/h7-9,12,14-15H,3-6H2,1-2H3. The molecule has 1 nitrogen and oxygen atoms in total. The number of aliphatic hydroxyl groups is 1. The van der Waals surface area contributed by atoms with Crippen molar-refractivity contribution in [3.05, 3.63) is 34.9 Å². The van der Waals surface area contributed by atoms with Gasteiger partial charge in [0.1, 0.15) is 0 Å². The van der Waals surface area contributed by atoms with Crippen LogP contribution in [0.1, 0.15) is 48.3 Å².